The first-order valence-electron chi connectivity index (χ1n) is 11.1. The normalized spacial score (nSPS) is 50.2. The smallest absolute Gasteiger partial charge is 0.327 e. The molecule has 1 saturated heterocycles. The molecular formula is C24H32O4. The Morgan fingerprint density at radius 3 is 2.79 bits per heavy atom. The third-order valence-corrected chi connectivity index (χ3v) is 9.48. The van der Waals surface area contributed by atoms with Gasteiger partial charge in [-0.3, -0.25) is 4.79 Å². The molecule has 4 heteroatoms. The van der Waals surface area contributed by atoms with E-state index in [1.807, 2.05) is 12.2 Å². The lowest BCUT2D eigenvalue weighted by molar-refractivity contribution is -0.131. The topological polar surface area (TPSA) is 66.9 Å². The number of hydrogen-bond donors (Lipinski definition) is 1. The summed E-state index contributed by atoms with van der Waals surface area (Å²) in [4.78, 5) is 23.0. The van der Waals surface area contributed by atoms with E-state index in [4.69, 9.17) is 9.84 Å². The zero-order valence-electron chi connectivity index (χ0n) is 17.2. The SMILES string of the molecule is C[C@H](/C=C/C(=O)O)[C@H]1CC[C@H]2[C@@H]3C4OC4C4=CC(=O)CC[C@]4(C)[C@H]3CC[C@]12C. The molecule has 0 spiro atoms. The minimum Gasteiger partial charge on any atom is -0.478 e. The van der Waals surface area contributed by atoms with Gasteiger partial charge < -0.3 is 9.84 Å². The van der Waals surface area contributed by atoms with Crippen LogP contribution in [0.15, 0.2) is 23.8 Å². The Hall–Kier alpha value is -1.42. The Morgan fingerprint density at radius 2 is 2.04 bits per heavy atom. The lowest BCUT2D eigenvalue weighted by Gasteiger charge is -2.57. The van der Waals surface area contributed by atoms with E-state index in [9.17, 15) is 9.59 Å². The number of rotatable bonds is 3. The molecule has 1 heterocycles. The van der Waals surface area contributed by atoms with Crippen LogP contribution in [0.4, 0.5) is 0 Å². The molecule has 5 rings (SSSR count). The standard InChI is InChI=1S/C24H32O4/c1-13(4-7-19(26)27)15-5-6-16-20-17(9-11-23(15,16)2)24(3)10-8-14(25)12-18(24)21-22(20)28-21/h4,7,12-13,15-17,20-22H,5-6,8-11H2,1-3H3,(H,26,27)/b7-4+/t13-,15-,16+,17+,20+,21?,22?,23-,24-/m1/s1. The lowest BCUT2D eigenvalue weighted by Crippen LogP contribution is -2.53. The van der Waals surface area contributed by atoms with E-state index in [0.29, 0.717) is 42.1 Å². The van der Waals surface area contributed by atoms with E-state index in [2.05, 4.69) is 20.8 Å². The molecule has 152 valence electrons. The number of carbonyl (C=O) groups excluding carboxylic acids is 1. The predicted octanol–water partition coefficient (Wildman–Crippen LogP) is 4.40. The van der Waals surface area contributed by atoms with E-state index in [0.717, 1.165) is 6.42 Å². The van der Waals surface area contributed by atoms with Crippen molar-refractivity contribution in [2.24, 2.45) is 40.4 Å². The van der Waals surface area contributed by atoms with Gasteiger partial charge in [-0.05, 0) is 84.2 Å². The molecule has 0 amide bonds. The predicted molar refractivity (Wildman–Crippen MR) is 106 cm³/mol. The molecular weight excluding hydrogens is 352 g/mol. The van der Waals surface area contributed by atoms with Crippen LogP contribution in [0.5, 0.6) is 0 Å². The molecule has 4 fully saturated rings. The monoisotopic (exact) mass is 384 g/mol. The molecule has 0 aromatic carbocycles. The molecule has 9 atom stereocenters. The number of fused-ring (bicyclic) bond motifs is 8. The average molecular weight is 385 g/mol. The molecule has 4 nitrogen and oxygen atoms in total. The van der Waals surface area contributed by atoms with Crippen LogP contribution in [0.1, 0.15) is 59.3 Å². The van der Waals surface area contributed by atoms with Crippen molar-refractivity contribution in [2.45, 2.75) is 71.5 Å². The van der Waals surface area contributed by atoms with Gasteiger partial charge >= 0.3 is 5.97 Å². The highest BCUT2D eigenvalue weighted by atomic mass is 16.6. The second-order valence-electron chi connectivity index (χ2n) is 10.6. The molecule has 1 aliphatic heterocycles. The fourth-order valence-corrected chi connectivity index (χ4v) is 8.08. The Morgan fingerprint density at radius 1 is 1.25 bits per heavy atom. The van der Waals surface area contributed by atoms with Crippen LogP contribution in [0.3, 0.4) is 0 Å². The first-order chi connectivity index (χ1) is 13.3. The van der Waals surface area contributed by atoms with Crippen molar-refractivity contribution in [1.82, 2.24) is 0 Å². The van der Waals surface area contributed by atoms with Gasteiger partial charge in [0.2, 0.25) is 0 Å². The molecule has 4 aliphatic carbocycles. The van der Waals surface area contributed by atoms with Crippen LogP contribution in [-0.2, 0) is 14.3 Å². The zero-order chi connectivity index (χ0) is 19.8. The number of aliphatic carboxylic acids is 1. The number of carbonyl (C=O) groups is 2. The minimum absolute atomic E-state index is 0.129. The molecule has 1 N–H and O–H groups in total. The molecule has 0 bridgehead atoms. The van der Waals surface area contributed by atoms with Crippen molar-refractivity contribution in [1.29, 1.82) is 0 Å². The molecule has 2 unspecified atom stereocenters. The van der Waals surface area contributed by atoms with Gasteiger partial charge in [0.1, 0.15) is 6.10 Å². The van der Waals surface area contributed by atoms with Crippen molar-refractivity contribution in [3.05, 3.63) is 23.8 Å². The highest BCUT2D eigenvalue weighted by Crippen LogP contribution is 2.70. The van der Waals surface area contributed by atoms with E-state index in [1.54, 1.807) is 0 Å². The lowest BCUT2D eigenvalue weighted by atomic mass is 9.46. The quantitative estimate of drug-likeness (QED) is 0.578. The summed E-state index contributed by atoms with van der Waals surface area (Å²) in [5.41, 5.74) is 1.69. The highest BCUT2D eigenvalue weighted by molar-refractivity contribution is 5.92. The van der Waals surface area contributed by atoms with Crippen LogP contribution in [0, 0.1) is 40.4 Å². The number of carboxylic acid groups (broad SMARTS) is 1. The molecule has 5 aliphatic rings. The summed E-state index contributed by atoms with van der Waals surface area (Å²) in [6.45, 7) is 7.05. The summed E-state index contributed by atoms with van der Waals surface area (Å²) < 4.78 is 6.25. The Balaban J connectivity index is 1.45. The van der Waals surface area contributed by atoms with Gasteiger partial charge in [-0.1, -0.05) is 26.8 Å². The van der Waals surface area contributed by atoms with Crippen LogP contribution < -0.4 is 0 Å². The molecule has 0 aromatic heterocycles. The first-order valence-corrected chi connectivity index (χ1v) is 11.1. The second kappa shape index (κ2) is 6.04. The molecule has 28 heavy (non-hydrogen) atoms. The van der Waals surface area contributed by atoms with E-state index in [1.165, 1.54) is 37.3 Å². The third-order valence-electron chi connectivity index (χ3n) is 9.48. The highest BCUT2D eigenvalue weighted by Gasteiger charge is 2.69. The number of allylic oxidation sites excluding steroid dienone is 1. The summed E-state index contributed by atoms with van der Waals surface area (Å²) in [5.74, 6) is 2.14. The van der Waals surface area contributed by atoms with Gasteiger partial charge in [-0.15, -0.1) is 0 Å². The number of ether oxygens (including phenoxy) is 1. The Bertz CT molecular complexity index is 781. The molecule has 0 aromatic rings. The number of carboxylic acids is 1. The van der Waals surface area contributed by atoms with Crippen molar-refractivity contribution < 1.29 is 19.4 Å². The summed E-state index contributed by atoms with van der Waals surface area (Å²) in [5, 5.41) is 9.02. The van der Waals surface area contributed by atoms with Crippen molar-refractivity contribution >= 4 is 11.8 Å². The number of epoxide rings is 1. The summed E-state index contributed by atoms with van der Waals surface area (Å²) in [6, 6.07) is 0. The van der Waals surface area contributed by atoms with Crippen molar-refractivity contribution in [2.75, 3.05) is 0 Å². The van der Waals surface area contributed by atoms with Crippen LogP contribution in [-0.4, -0.2) is 29.1 Å². The van der Waals surface area contributed by atoms with E-state index >= 15 is 0 Å². The Labute approximate surface area is 167 Å². The average Bonchev–Trinajstić information content (AvgIpc) is 3.35. The summed E-state index contributed by atoms with van der Waals surface area (Å²) in [6.07, 6.45) is 12.1. The second-order valence-corrected chi connectivity index (χ2v) is 10.6. The van der Waals surface area contributed by atoms with E-state index < -0.39 is 5.97 Å². The third kappa shape index (κ3) is 2.46. The molecule has 0 radical (unpaired) electrons. The van der Waals surface area contributed by atoms with Crippen molar-refractivity contribution in [3.8, 4) is 0 Å². The van der Waals surface area contributed by atoms with E-state index in [-0.39, 0.29) is 22.7 Å². The first kappa shape index (κ1) is 18.6. The maximum absolute atomic E-state index is 12.1. The molecule has 3 saturated carbocycles. The van der Waals surface area contributed by atoms with Crippen molar-refractivity contribution in [3.63, 3.8) is 0 Å². The van der Waals surface area contributed by atoms with Gasteiger partial charge in [0.25, 0.3) is 0 Å². The van der Waals surface area contributed by atoms with Crippen LogP contribution >= 0.6 is 0 Å². The van der Waals surface area contributed by atoms with Gasteiger partial charge in [-0.2, -0.15) is 0 Å². The summed E-state index contributed by atoms with van der Waals surface area (Å²) in [7, 11) is 0. The number of hydrogen-bond acceptors (Lipinski definition) is 3. The van der Waals surface area contributed by atoms with Gasteiger partial charge in [0.15, 0.2) is 5.78 Å². The van der Waals surface area contributed by atoms with Gasteiger partial charge in [0, 0.05) is 12.5 Å². The van der Waals surface area contributed by atoms with Crippen LogP contribution in [0.2, 0.25) is 0 Å². The summed E-state index contributed by atoms with van der Waals surface area (Å²) >= 11 is 0. The fourth-order valence-electron chi connectivity index (χ4n) is 8.08. The zero-order valence-corrected chi connectivity index (χ0v) is 17.2. The fraction of sp³-hybridized carbons (Fsp3) is 0.750. The maximum Gasteiger partial charge on any atom is 0.327 e. The van der Waals surface area contributed by atoms with Gasteiger partial charge in [0.05, 0.1) is 6.10 Å². The Kier molecular flexibility index (Phi) is 4.01. The minimum atomic E-state index is -0.851. The largest absolute Gasteiger partial charge is 0.478 e. The van der Waals surface area contributed by atoms with Gasteiger partial charge in [-0.25, -0.2) is 4.79 Å². The maximum atomic E-state index is 12.1. The van der Waals surface area contributed by atoms with Crippen LogP contribution in [0.25, 0.3) is 0 Å². The number of ketones is 1.